The van der Waals surface area contributed by atoms with Crippen molar-refractivity contribution in [1.82, 2.24) is 16.0 Å². The number of hydrogen-bond donors (Lipinski definition) is 7. The molecular weight excluding hydrogens is 474 g/mol. The maximum absolute atomic E-state index is 13.1. The highest BCUT2D eigenvalue weighted by atomic mass is 32.1. The summed E-state index contributed by atoms with van der Waals surface area (Å²) in [6.07, 6.45) is 0.438. The summed E-state index contributed by atoms with van der Waals surface area (Å²) >= 11 is 3.93. The van der Waals surface area contributed by atoms with Crippen molar-refractivity contribution >= 4 is 42.2 Å². The van der Waals surface area contributed by atoms with Crippen LogP contribution in [0.15, 0.2) is 30.3 Å². The van der Waals surface area contributed by atoms with Crippen molar-refractivity contribution in [2.45, 2.75) is 63.7 Å². The third kappa shape index (κ3) is 10.4. The molecule has 35 heavy (non-hydrogen) atoms. The minimum atomic E-state index is -1.26. The van der Waals surface area contributed by atoms with E-state index in [1.807, 2.05) is 30.3 Å². The van der Waals surface area contributed by atoms with Crippen LogP contribution in [0.3, 0.4) is 0 Å². The van der Waals surface area contributed by atoms with E-state index in [0.717, 1.165) is 5.56 Å². The van der Waals surface area contributed by atoms with Gasteiger partial charge < -0.3 is 32.5 Å². The molecule has 0 bridgehead atoms. The quantitative estimate of drug-likeness (QED) is 0.152. The maximum atomic E-state index is 13.1. The summed E-state index contributed by atoms with van der Waals surface area (Å²) in [5, 5.41) is 16.7. The van der Waals surface area contributed by atoms with E-state index in [1.165, 1.54) is 0 Å². The summed E-state index contributed by atoms with van der Waals surface area (Å²) in [4.78, 5) is 61.1. The lowest BCUT2D eigenvalue weighted by Crippen LogP contribution is -2.59. The fourth-order valence-electron chi connectivity index (χ4n) is 3.20. The minimum absolute atomic E-state index is 0.103. The number of primary amides is 1. The largest absolute Gasteiger partial charge is 0.480 e. The summed E-state index contributed by atoms with van der Waals surface area (Å²) in [6, 6.07) is 4.62. The second-order valence-electron chi connectivity index (χ2n) is 8.32. The Hall–Kier alpha value is -3.12. The SMILES string of the molecule is CCC(C)C(NC(=O)C(CCC(N)=O)NC(=O)C(N)Cc1ccccc1)C(=O)NC(CS)C(=O)O. The van der Waals surface area contributed by atoms with Gasteiger partial charge in [-0.1, -0.05) is 50.6 Å². The predicted molar refractivity (Wildman–Crippen MR) is 133 cm³/mol. The number of aliphatic carboxylic acids is 1. The average molecular weight is 510 g/mol. The molecular formula is C23H35N5O6S. The van der Waals surface area contributed by atoms with Crippen molar-refractivity contribution in [1.29, 1.82) is 0 Å². The Morgan fingerprint density at radius 2 is 1.57 bits per heavy atom. The normalized spacial score (nSPS) is 15.1. The van der Waals surface area contributed by atoms with E-state index < -0.39 is 53.8 Å². The van der Waals surface area contributed by atoms with Crippen LogP contribution < -0.4 is 27.4 Å². The van der Waals surface area contributed by atoms with Crippen LogP contribution in [0.5, 0.6) is 0 Å². The van der Waals surface area contributed by atoms with Gasteiger partial charge in [0.25, 0.3) is 0 Å². The Morgan fingerprint density at radius 3 is 2.09 bits per heavy atom. The summed E-state index contributed by atoms with van der Waals surface area (Å²) in [5.74, 6) is -4.45. The number of carboxylic acid groups (broad SMARTS) is 1. The third-order valence-corrected chi connectivity index (χ3v) is 5.90. The van der Waals surface area contributed by atoms with E-state index in [1.54, 1.807) is 13.8 Å². The molecule has 194 valence electrons. The van der Waals surface area contributed by atoms with Gasteiger partial charge in [0.05, 0.1) is 6.04 Å². The van der Waals surface area contributed by atoms with E-state index >= 15 is 0 Å². The van der Waals surface area contributed by atoms with Crippen LogP contribution >= 0.6 is 12.6 Å². The number of carbonyl (C=O) groups is 5. The molecule has 0 aromatic heterocycles. The predicted octanol–water partition coefficient (Wildman–Crippen LogP) is -0.663. The number of thiol groups is 1. The fourth-order valence-corrected chi connectivity index (χ4v) is 3.45. The molecule has 12 heteroatoms. The molecule has 4 amide bonds. The van der Waals surface area contributed by atoms with Crippen LogP contribution in [0.1, 0.15) is 38.7 Å². The zero-order valence-corrected chi connectivity index (χ0v) is 20.8. The lowest BCUT2D eigenvalue weighted by molar-refractivity contribution is -0.142. The number of amides is 4. The molecule has 0 aliphatic carbocycles. The monoisotopic (exact) mass is 509 g/mol. The van der Waals surface area contributed by atoms with Crippen LogP contribution in [0.4, 0.5) is 0 Å². The van der Waals surface area contributed by atoms with E-state index in [0.29, 0.717) is 6.42 Å². The molecule has 0 saturated heterocycles. The first-order chi connectivity index (χ1) is 16.5. The number of nitrogens with two attached hydrogens (primary N) is 2. The molecule has 1 aromatic rings. The molecule has 0 fully saturated rings. The van der Waals surface area contributed by atoms with Crippen LogP contribution in [0.2, 0.25) is 0 Å². The average Bonchev–Trinajstić information content (AvgIpc) is 2.82. The van der Waals surface area contributed by atoms with Gasteiger partial charge in [0.1, 0.15) is 18.1 Å². The highest BCUT2D eigenvalue weighted by Gasteiger charge is 2.32. The highest BCUT2D eigenvalue weighted by molar-refractivity contribution is 7.80. The zero-order valence-electron chi connectivity index (χ0n) is 19.9. The Bertz CT molecular complexity index is 884. The van der Waals surface area contributed by atoms with Gasteiger partial charge in [-0.2, -0.15) is 12.6 Å². The number of rotatable bonds is 15. The highest BCUT2D eigenvalue weighted by Crippen LogP contribution is 2.10. The van der Waals surface area contributed by atoms with Crippen molar-refractivity contribution in [3.63, 3.8) is 0 Å². The second-order valence-corrected chi connectivity index (χ2v) is 8.68. The van der Waals surface area contributed by atoms with Crippen molar-refractivity contribution in [3.8, 4) is 0 Å². The number of hydrogen-bond acceptors (Lipinski definition) is 7. The Balaban J connectivity index is 2.98. The molecule has 5 unspecified atom stereocenters. The molecule has 0 spiro atoms. The van der Waals surface area contributed by atoms with Gasteiger partial charge in [0.2, 0.25) is 23.6 Å². The number of benzene rings is 1. The smallest absolute Gasteiger partial charge is 0.327 e. The lowest BCUT2D eigenvalue weighted by atomic mass is 9.97. The molecule has 1 aromatic carbocycles. The summed E-state index contributed by atoms with van der Waals surface area (Å²) < 4.78 is 0. The molecule has 0 radical (unpaired) electrons. The Morgan fingerprint density at radius 1 is 0.971 bits per heavy atom. The van der Waals surface area contributed by atoms with Gasteiger partial charge >= 0.3 is 5.97 Å². The van der Waals surface area contributed by atoms with E-state index in [-0.39, 0.29) is 30.9 Å². The summed E-state index contributed by atoms with van der Waals surface area (Å²) in [7, 11) is 0. The Labute approximate surface area is 210 Å². The molecule has 8 N–H and O–H groups in total. The van der Waals surface area contributed by atoms with Crippen LogP contribution in [0.25, 0.3) is 0 Å². The van der Waals surface area contributed by atoms with Gasteiger partial charge in [0, 0.05) is 12.2 Å². The van der Waals surface area contributed by atoms with Gasteiger partial charge in [0.15, 0.2) is 0 Å². The van der Waals surface area contributed by atoms with Crippen molar-refractivity contribution in [2.24, 2.45) is 17.4 Å². The number of carboxylic acids is 1. The standard InChI is InChI=1S/C23H35N5O6S/c1-3-13(2)19(22(32)27-17(12-35)23(33)34)28-21(31)16(9-10-18(25)29)26-20(30)15(24)11-14-7-5-4-6-8-14/h4-8,13,15-17,19,35H,3,9-12,24H2,1-2H3,(H2,25,29)(H,26,30)(H,27,32)(H,28,31)(H,33,34). The zero-order chi connectivity index (χ0) is 26.5. The summed E-state index contributed by atoms with van der Waals surface area (Å²) in [6.45, 7) is 3.52. The first-order valence-electron chi connectivity index (χ1n) is 11.3. The molecule has 0 aliphatic heterocycles. The van der Waals surface area contributed by atoms with Crippen LogP contribution in [-0.2, 0) is 30.4 Å². The number of carbonyl (C=O) groups excluding carboxylic acids is 4. The first-order valence-corrected chi connectivity index (χ1v) is 12.0. The number of nitrogens with one attached hydrogen (secondary N) is 3. The lowest BCUT2D eigenvalue weighted by Gasteiger charge is -2.28. The fraction of sp³-hybridized carbons (Fsp3) is 0.522. The van der Waals surface area contributed by atoms with E-state index in [2.05, 4.69) is 28.6 Å². The molecule has 1 rings (SSSR count). The minimum Gasteiger partial charge on any atom is -0.480 e. The summed E-state index contributed by atoms with van der Waals surface area (Å²) in [5.41, 5.74) is 12.1. The third-order valence-electron chi connectivity index (χ3n) is 5.54. The van der Waals surface area contributed by atoms with Gasteiger partial charge in [-0.15, -0.1) is 0 Å². The first kappa shape index (κ1) is 29.9. The van der Waals surface area contributed by atoms with Crippen LogP contribution in [0, 0.1) is 5.92 Å². The second kappa shape index (κ2) is 15.0. The molecule has 5 atom stereocenters. The topological polar surface area (TPSA) is 194 Å². The van der Waals surface area contributed by atoms with Gasteiger partial charge in [-0.25, -0.2) is 4.79 Å². The van der Waals surface area contributed by atoms with E-state index in [4.69, 9.17) is 11.5 Å². The molecule has 0 heterocycles. The van der Waals surface area contributed by atoms with E-state index in [9.17, 15) is 29.1 Å². The Kier molecular flexibility index (Phi) is 12.8. The molecule has 0 aliphatic rings. The van der Waals surface area contributed by atoms with Crippen molar-refractivity contribution < 1.29 is 29.1 Å². The molecule has 0 saturated carbocycles. The van der Waals surface area contributed by atoms with Crippen LogP contribution in [-0.4, -0.2) is 64.6 Å². The maximum Gasteiger partial charge on any atom is 0.327 e. The van der Waals surface area contributed by atoms with Gasteiger partial charge in [-0.3, -0.25) is 19.2 Å². The van der Waals surface area contributed by atoms with Crippen molar-refractivity contribution in [3.05, 3.63) is 35.9 Å². The van der Waals surface area contributed by atoms with Crippen molar-refractivity contribution in [2.75, 3.05) is 5.75 Å². The molecule has 11 nitrogen and oxygen atoms in total. The van der Waals surface area contributed by atoms with Gasteiger partial charge in [-0.05, 0) is 24.3 Å².